The number of benzene rings is 1. The number of aryl methyl sites for hydroxylation is 1. The van der Waals surface area contributed by atoms with E-state index in [2.05, 4.69) is 18.3 Å². The minimum absolute atomic E-state index is 0.177. The first-order valence-electron chi connectivity index (χ1n) is 7.10. The average molecular weight is 273 g/mol. The molecular formula is C17H23NO2. The van der Waals surface area contributed by atoms with Crippen molar-refractivity contribution in [2.75, 3.05) is 0 Å². The van der Waals surface area contributed by atoms with Crippen molar-refractivity contribution in [3.8, 4) is 5.75 Å². The minimum atomic E-state index is 0.177. The molecule has 1 unspecified atom stereocenters. The van der Waals surface area contributed by atoms with Gasteiger partial charge in [0.2, 0.25) is 0 Å². The van der Waals surface area contributed by atoms with Crippen LogP contribution in [0.1, 0.15) is 43.9 Å². The normalized spacial score (nSPS) is 12.7. The van der Waals surface area contributed by atoms with Gasteiger partial charge in [-0.2, -0.15) is 0 Å². The molecule has 3 heteroatoms. The number of hydrogen-bond donors (Lipinski definition) is 1. The van der Waals surface area contributed by atoms with Gasteiger partial charge in [0.15, 0.2) is 0 Å². The maximum atomic E-state index is 5.82. The maximum absolute atomic E-state index is 5.82. The molecule has 1 heterocycles. The van der Waals surface area contributed by atoms with Gasteiger partial charge in [-0.05, 0) is 45.9 Å². The van der Waals surface area contributed by atoms with Gasteiger partial charge in [-0.3, -0.25) is 0 Å². The highest BCUT2D eigenvalue weighted by Crippen LogP contribution is 2.21. The fraction of sp³-hybridized carbons (Fsp3) is 0.412. The van der Waals surface area contributed by atoms with Gasteiger partial charge in [0.1, 0.15) is 17.3 Å². The van der Waals surface area contributed by atoms with E-state index in [0.29, 0.717) is 0 Å². The molecule has 0 fully saturated rings. The lowest BCUT2D eigenvalue weighted by Gasteiger charge is -2.16. The van der Waals surface area contributed by atoms with Crippen molar-refractivity contribution in [2.24, 2.45) is 0 Å². The van der Waals surface area contributed by atoms with Crippen LogP contribution in [-0.4, -0.2) is 6.10 Å². The van der Waals surface area contributed by atoms with Gasteiger partial charge in [-0.15, -0.1) is 0 Å². The highest BCUT2D eigenvalue weighted by molar-refractivity contribution is 5.33. The molecule has 0 aliphatic rings. The lowest BCUT2D eigenvalue weighted by molar-refractivity contribution is 0.239. The van der Waals surface area contributed by atoms with Crippen LogP contribution < -0.4 is 10.1 Å². The lowest BCUT2D eigenvalue weighted by Crippen LogP contribution is -2.18. The first kappa shape index (κ1) is 14.7. The summed E-state index contributed by atoms with van der Waals surface area (Å²) in [5.41, 5.74) is 1.16. The van der Waals surface area contributed by atoms with Crippen LogP contribution in [-0.2, 0) is 6.54 Å². The van der Waals surface area contributed by atoms with Crippen LogP contribution >= 0.6 is 0 Å². The van der Waals surface area contributed by atoms with E-state index in [1.54, 1.807) is 0 Å². The van der Waals surface area contributed by atoms with Crippen LogP contribution in [0.25, 0.3) is 0 Å². The summed E-state index contributed by atoms with van der Waals surface area (Å²) >= 11 is 0. The third kappa shape index (κ3) is 3.87. The first-order valence-corrected chi connectivity index (χ1v) is 7.10. The Morgan fingerprint density at radius 3 is 2.50 bits per heavy atom. The zero-order chi connectivity index (χ0) is 14.5. The zero-order valence-electron chi connectivity index (χ0n) is 12.6. The van der Waals surface area contributed by atoms with Gasteiger partial charge >= 0.3 is 0 Å². The summed E-state index contributed by atoms with van der Waals surface area (Å²) in [5.74, 6) is 2.85. The van der Waals surface area contributed by atoms with E-state index >= 15 is 0 Å². The van der Waals surface area contributed by atoms with E-state index < -0.39 is 0 Å². The second-order valence-electron chi connectivity index (χ2n) is 5.33. The van der Waals surface area contributed by atoms with Gasteiger partial charge in [0.05, 0.1) is 12.1 Å². The average Bonchev–Trinajstić information content (AvgIpc) is 2.83. The van der Waals surface area contributed by atoms with Crippen molar-refractivity contribution in [3.05, 3.63) is 53.5 Å². The SMILES string of the molecule is Cc1ccc(C(C)NCc2ccccc2OC(C)C)o1. The van der Waals surface area contributed by atoms with Gasteiger partial charge in [0, 0.05) is 12.1 Å². The van der Waals surface area contributed by atoms with Crippen LogP contribution in [0.2, 0.25) is 0 Å². The summed E-state index contributed by atoms with van der Waals surface area (Å²) in [7, 11) is 0. The Labute approximate surface area is 121 Å². The van der Waals surface area contributed by atoms with Crippen LogP contribution in [0.3, 0.4) is 0 Å². The monoisotopic (exact) mass is 273 g/mol. The summed E-state index contributed by atoms with van der Waals surface area (Å²) in [4.78, 5) is 0. The molecule has 1 aromatic carbocycles. The standard InChI is InChI=1S/C17H23NO2/c1-12(2)19-17-8-6-5-7-15(17)11-18-14(4)16-10-9-13(3)20-16/h5-10,12,14,18H,11H2,1-4H3. The van der Waals surface area contributed by atoms with Crippen LogP contribution in [0, 0.1) is 6.92 Å². The second kappa shape index (κ2) is 6.62. The van der Waals surface area contributed by atoms with E-state index in [-0.39, 0.29) is 12.1 Å². The molecule has 1 N–H and O–H groups in total. The van der Waals surface area contributed by atoms with Crippen molar-refractivity contribution < 1.29 is 9.15 Å². The van der Waals surface area contributed by atoms with E-state index in [1.807, 2.05) is 51.1 Å². The van der Waals surface area contributed by atoms with Crippen molar-refractivity contribution >= 4 is 0 Å². The highest BCUT2D eigenvalue weighted by Gasteiger charge is 2.11. The zero-order valence-corrected chi connectivity index (χ0v) is 12.6. The Balaban J connectivity index is 2.00. The minimum Gasteiger partial charge on any atom is -0.491 e. The number of furan rings is 1. The first-order chi connectivity index (χ1) is 9.56. The maximum Gasteiger partial charge on any atom is 0.124 e. The molecule has 0 radical (unpaired) electrons. The predicted octanol–water partition coefficient (Wildman–Crippen LogP) is 4.23. The molecule has 108 valence electrons. The molecule has 0 saturated heterocycles. The van der Waals surface area contributed by atoms with E-state index in [0.717, 1.165) is 29.4 Å². The number of nitrogens with one attached hydrogen (secondary N) is 1. The van der Waals surface area contributed by atoms with Crippen molar-refractivity contribution in [1.29, 1.82) is 0 Å². The molecule has 0 spiro atoms. The summed E-state index contributed by atoms with van der Waals surface area (Å²) < 4.78 is 11.5. The second-order valence-corrected chi connectivity index (χ2v) is 5.33. The molecular weight excluding hydrogens is 250 g/mol. The van der Waals surface area contributed by atoms with E-state index in [9.17, 15) is 0 Å². The molecule has 20 heavy (non-hydrogen) atoms. The topological polar surface area (TPSA) is 34.4 Å². The Bertz CT molecular complexity index is 545. The Hall–Kier alpha value is -1.74. The number of para-hydroxylation sites is 1. The largest absolute Gasteiger partial charge is 0.491 e. The van der Waals surface area contributed by atoms with Crippen LogP contribution in [0.4, 0.5) is 0 Å². The molecule has 0 aliphatic carbocycles. The predicted molar refractivity (Wildman–Crippen MR) is 80.9 cm³/mol. The fourth-order valence-electron chi connectivity index (χ4n) is 2.07. The molecule has 0 amide bonds. The lowest BCUT2D eigenvalue weighted by atomic mass is 10.1. The van der Waals surface area contributed by atoms with Crippen LogP contribution in [0.15, 0.2) is 40.8 Å². The Morgan fingerprint density at radius 1 is 1.10 bits per heavy atom. The highest BCUT2D eigenvalue weighted by atomic mass is 16.5. The number of ether oxygens (including phenoxy) is 1. The molecule has 3 nitrogen and oxygen atoms in total. The van der Waals surface area contributed by atoms with E-state index in [1.165, 1.54) is 0 Å². The van der Waals surface area contributed by atoms with Crippen molar-refractivity contribution in [1.82, 2.24) is 5.32 Å². The summed E-state index contributed by atoms with van der Waals surface area (Å²) in [6.07, 6.45) is 0.182. The molecule has 0 bridgehead atoms. The van der Waals surface area contributed by atoms with E-state index in [4.69, 9.17) is 9.15 Å². The summed E-state index contributed by atoms with van der Waals surface area (Å²) in [6, 6.07) is 12.3. The third-order valence-corrected chi connectivity index (χ3v) is 3.12. The summed E-state index contributed by atoms with van der Waals surface area (Å²) in [5, 5.41) is 3.47. The number of hydrogen-bond acceptors (Lipinski definition) is 3. The van der Waals surface area contributed by atoms with Crippen LogP contribution in [0.5, 0.6) is 5.75 Å². The quantitative estimate of drug-likeness (QED) is 0.855. The molecule has 0 aliphatic heterocycles. The smallest absolute Gasteiger partial charge is 0.124 e. The summed E-state index contributed by atoms with van der Waals surface area (Å²) in [6.45, 7) is 8.90. The van der Waals surface area contributed by atoms with Gasteiger partial charge < -0.3 is 14.5 Å². The Kier molecular flexibility index (Phi) is 4.85. The molecule has 0 saturated carbocycles. The molecule has 2 rings (SSSR count). The number of rotatable bonds is 6. The van der Waals surface area contributed by atoms with Crippen molar-refractivity contribution in [2.45, 2.75) is 46.4 Å². The Morgan fingerprint density at radius 2 is 1.85 bits per heavy atom. The van der Waals surface area contributed by atoms with Gasteiger partial charge in [-0.25, -0.2) is 0 Å². The van der Waals surface area contributed by atoms with Crippen molar-refractivity contribution in [3.63, 3.8) is 0 Å². The molecule has 1 aromatic heterocycles. The fourth-order valence-corrected chi connectivity index (χ4v) is 2.07. The molecule has 1 atom stereocenters. The van der Waals surface area contributed by atoms with Gasteiger partial charge in [0.25, 0.3) is 0 Å². The molecule has 2 aromatic rings. The third-order valence-electron chi connectivity index (χ3n) is 3.12. The van der Waals surface area contributed by atoms with Gasteiger partial charge in [-0.1, -0.05) is 18.2 Å².